The van der Waals surface area contributed by atoms with E-state index >= 15 is 0 Å². The van der Waals surface area contributed by atoms with Gasteiger partial charge < -0.3 is 0 Å². The fourth-order valence-electron chi connectivity index (χ4n) is 1.20. The van der Waals surface area contributed by atoms with Crippen LogP contribution in [0.5, 0.6) is 0 Å². The standard InChI is InChI=1S/C10H9BrClN3S/c1-15-10(13-6-14-15)16-5-7-2-3-8(11)4-9(7)12/h2-4,6H,5H2,1H3. The van der Waals surface area contributed by atoms with Crippen LogP contribution in [-0.2, 0) is 12.8 Å². The number of hydrogen-bond acceptors (Lipinski definition) is 3. The minimum absolute atomic E-state index is 0.768. The van der Waals surface area contributed by atoms with E-state index in [1.54, 1.807) is 22.8 Å². The van der Waals surface area contributed by atoms with Crippen LogP contribution < -0.4 is 0 Å². The molecule has 2 aromatic rings. The van der Waals surface area contributed by atoms with Gasteiger partial charge in [-0.15, -0.1) is 0 Å². The summed E-state index contributed by atoms with van der Waals surface area (Å²) in [5, 5.41) is 5.67. The molecule has 6 heteroatoms. The highest BCUT2D eigenvalue weighted by atomic mass is 79.9. The SMILES string of the molecule is Cn1ncnc1SCc1ccc(Br)cc1Cl. The van der Waals surface area contributed by atoms with Gasteiger partial charge in [-0.1, -0.05) is 45.4 Å². The Morgan fingerprint density at radius 2 is 2.31 bits per heavy atom. The summed E-state index contributed by atoms with van der Waals surface area (Å²) in [5.41, 5.74) is 1.10. The Morgan fingerprint density at radius 1 is 1.50 bits per heavy atom. The minimum atomic E-state index is 0.768. The largest absolute Gasteiger partial charge is 0.244 e. The highest BCUT2D eigenvalue weighted by Gasteiger charge is 2.05. The molecule has 16 heavy (non-hydrogen) atoms. The number of rotatable bonds is 3. The van der Waals surface area contributed by atoms with Gasteiger partial charge in [0.25, 0.3) is 0 Å². The normalized spacial score (nSPS) is 10.7. The van der Waals surface area contributed by atoms with Crippen molar-refractivity contribution < 1.29 is 0 Å². The first-order valence-corrected chi connectivity index (χ1v) is 6.73. The van der Waals surface area contributed by atoms with Crippen LogP contribution in [0.4, 0.5) is 0 Å². The molecule has 1 heterocycles. The molecule has 1 aromatic carbocycles. The lowest BCUT2D eigenvalue weighted by molar-refractivity contribution is 0.685. The van der Waals surface area contributed by atoms with Crippen molar-refractivity contribution in [1.29, 1.82) is 0 Å². The Morgan fingerprint density at radius 3 is 2.94 bits per heavy atom. The highest BCUT2D eigenvalue weighted by Crippen LogP contribution is 2.27. The smallest absolute Gasteiger partial charge is 0.186 e. The minimum Gasteiger partial charge on any atom is -0.244 e. The Kier molecular flexibility index (Phi) is 3.89. The summed E-state index contributed by atoms with van der Waals surface area (Å²) in [6.07, 6.45) is 1.55. The molecule has 0 radical (unpaired) electrons. The van der Waals surface area contributed by atoms with E-state index in [0.717, 1.165) is 26.0 Å². The maximum absolute atomic E-state index is 6.12. The molecule has 0 bridgehead atoms. The number of thioether (sulfide) groups is 1. The van der Waals surface area contributed by atoms with Crippen LogP contribution in [0.3, 0.4) is 0 Å². The van der Waals surface area contributed by atoms with Crippen molar-refractivity contribution >= 4 is 39.3 Å². The van der Waals surface area contributed by atoms with Crippen molar-refractivity contribution in [3.8, 4) is 0 Å². The van der Waals surface area contributed by atoms with E-state index < -0.39 is 0 Å². The van der Waals surface area contributed by atoms with Gasteiger partial charge in [0.2, 0.25) is 0 Å². The van der Waals surface area contributed by atoms with Crippen LogP contribution in [0.2, 0.25) is 5.02 Å². The van der Waals surface area contributed by atoms with Crippen LogP contribution in [0.15, 0.2) is 34.2 Å². The molecule has 0 unspecified atom stereocenters. The molecule has 84 valence electrons. The van der Waals surface area contributed by atoms with Crippen LogP contribution in [-0.4, -0.2) is 14.8 Å². The molecular weight excluding hydrogens is 310 g/mol. The first-order valence-electron chi connectivity index (χ1n) is 4.57. The van der Waals surface area contributed by atoms with Gasteiger partial charge in [-0.25, -0.2) is 9.67 Å². The summed E-state index contributed by atoms with van der Waals surface area (Å²) in [4.78, 5) is 4.14. The van der Waals surface area contributed by atoms with Crippen molar-refractivity contribution in [2.45, 2.75) is 10.9 Å². The van der Waals surface area contributed by atoms with E-state index in [0.29, 0.717) is 0 Å². The second kappa shape index (κ2) is 5.21. The molecule has 0 aliphatic carbocycles. The summed E-state index contributed by atoms with van der Waals surface area (Å²) >= 11 is 11.1. The lowest BCUT2D eigenvalue weighted by atomic mass is 10.2. The lowest BCUT2D eigenvalue weighted by Crippen LogP contribution is -1.93. The van der Waals surface area contributed by atoms with Gasteiger partial charge in [0.15, 0.2) is 5.16 Å². The van der Waals surface area contributed by atoms with Crippen molar-refractivity contribution in [2.75, 3.05) is 0 Å². The summed E-state index contributed by atoms with van der Waals surface area (Å²) < 4.78 is 2.74. The molecule has 0 saturated heterocycles. The Hall–Kier alpha value is -0.520. The summed E-state index contributed by atoms with van der Waals surface area (Å²) in [7, 11) is 1.87. The first-order chi connectivity index (χ1) is 7.66. The van der Waals surface area contributed by atoms with E-state index in [1.165, 1.54) is 0 Å². The van der Waals surface area contributed by atoms with E-state index in [-0.39, 0.29) is 0 Å². The maximum Gasteiger partial charge on any atom is 0.186 e. The van der Waals surface area contributed by atoms with Gasteiger partial charge in [0, 0.05) is 22.3 Å². The molecule has 0 spiro atoms. The van der Waals surface area contributed by atoms with Crippen LogP contribution in [0.25, 0.3) is 0 Å². The average Bonchev–Trinajstić information content (AvgIpc) is 2.63. The van der Waals surface area contributed by atoms with E-state index in [2.05, 4.69) is 26.0 Å². The molecular formula is C10H9BrClN3S. The number of benzene rings is 1. The Bertz CT molecular complexity index is 501. The van der Waals surface area contributed by atoms with Gasteiger partial charge in [-0.3, -0.25) is 0 Å². The van der Waals surface area contributed by atoms with Gasteiger partial charge >= 0.3 is 0 Å². The quantitative estimate of drug-likeness (QED) is 0.811. The van der Waals surface area contributed by atoms with Gasteiger partial charge in [-0.05, 0) is 17.7 Å². The van der Waals surface area contributed by atoms with Crippen molar-refractivity contribution in [3.63, 3.8) is 0 Å². The molecule has 0 aliphatic heterocycles. The predicted molar refractivity (Wildman–Crippen MR) is 69.7 cm³/mol. The second-order valence-electron chi connectivity index (χ2n) is 3.19. The molecule has 0 amide bonds. The molecule has 0 N–H and O–H groups in total. The molecule has 3 nitrogen and oxygen atoms in total. The molecule has 0 atom stereocenters. The van der Waals surface area contributed by atoms with E-state index in [9.17, 15) is 0 Å². The van der Waals surface area contributed by atoms with Crippen LogP contribution in [0.1, 0.15) is 5.56 Å². The fraction of sp³-hybridized carbons (Fsp3) is 0.200. The third-order valence-electron chi connectivity index (χ3n) is 2.04. The molecule has 0 fully saturated rings. The number of aromatic nitrogens is 3. The van der Waals surface area contributed by atoms with Crippen LogP contribution >= 0.6 is 39.3 Å². The zero-order chi connectivity index (χ0) is 11.5. The third-order valence-corrected chi connectivity index (χ3v) is 3.97. The number of halogens is 2. The fourth-order valence-corrected chi connectivity index (χ4v) is 2.91. The number of aryl methyl sites for hydroxylation is 1. The second-order valence-corrected chi connectivity index (χ2v) is 5.46. The molecule has 1 aromatic heterocycles. The monoisotopic (exact) mass is 317 g/mol. The topological polar surface area (TPSA) is 30.7 Å². The lowest BCUT2D eigenvalue weighted by Gasteiger charge is -2.04. The summed E-state index contributed by atoms with van der Waals surface area (Å²) in [6.45, 7) is 0. The van der Waals surface area contributed by atoms with Gasteiger partial charge in [0.05, 0.1) is 0 Å². The predicted octanol–water partition coefficient (Wildman–Crippen LogP) is 3.52. The zero-order valence-electron chi connectivity index (χ0n) is 8.52. The van der Waals surface area contributed by atoms with E-state index in [1.807, 2.05) is 25.2 Å². The number of hydrogen-bond donors (Lipinski definition) is 0. The van der Waals surface area contributed by atoms with Crippen molar-refractivity contribution in [1.82, 2.24) is 14.8 Å². The molecule has 0 saturated carbocycles. The van der Waals surface area contributed by atoms with E-state index in [4.69, 9.17) is 11.6 Å². The van der Waals surface area contributed by atoms with Crippen molar-refractivity contribution in [2.24, 2.45) is 7.05 Å². The summed E-state index contributed by atoms with van der Waals surface area (Å²) in [5.74, 6) is 0.790. The number of nitrogens with zero attached hydrogens (tertiary/aromatic N) is 3. The summed E-state index contributed by atoms with van der Waals surface area (Å²) in [6, 6.07) is 5.89. The zero-order valence-corrected chi connectivity index (χ0v) is 11.7. The Labute approximate surface area is 111 Å². The Balaban J connectivity index is 2.08. The molecule has 0 aliphatic rings. The van der Waals surface area contributed by atoms with Gasteiger partial charge in [0.1, 0.15) is 6.33 Å². The van der Waals surface area contributed by atoms with Gasteiger partial charge in [-0.2, -0.15) is 5.10 Å². The first kappa shape index (κ1) is 12.0. The maximum atomic E-state index is 6.12. The third kappa shape index (κ3) is 2.78. The van der Waals surface area contributed by atoms with Crippen LogP contribution in [0, 0.1) is 0 Å². The average molecular weight is 319 g/mol. The highest BCUT2D eigenvalue weighted by molar-refractivity contribution is 9.10. The molecule has 2 rings (SSSR count). The van der Waals surface area contributed by atoms with Crippen molar-refractivity contribution in [3.05, 3.63) is 39.6 Å².